The molecule has 2 aromatic carbocycles. The molecule has 1 N–H and O–H groups in total. The number of nitrogens with zero attached hydrogens (tertiary/aromatic N) is 1. The Bertz CT molecular complexity index is 1030. The van der Waals surface area contributed by atoms with Gasteiger partial charge < -0.3 is 9.72 Å². The van der Waals surface area contributed by atoms with Crippen molar-refractivity contribution in [1.29, 1.82) is 5.26 Å². The van der Waals surface area contributed by atoms with Crippen molar-refractivity contribution < 1.29 is 4.74 Å². The van der Waals surface area contributed by atoms with Gasteiger partial charge in [-0.25, -0.2) is 0 Å². The zero-order valence-electron chi connectivity index (χ0n) is 14.4. The molecule has 0 atom stereocenters. The first-order valence-electron chi connectivity index (χ1n) is 8.27. The summed E-state index contributed by atoms with van der Waals surface area (Å²) in [5.74, 6) is 0.631. The molecular weight excluding hydrogens is 324 g/mol. The topological polar surface area (TPSA) is 65.9 Å². The van der Waals surface area contributed by atoms with E-state index in [0.717, 1.165) is 11.1 Å². The number of hydrogen-bond acceptors (Lipinski definition) is 3. The number of aryl methyl sites for hydroxylation is 1. The van der Waals surface area contributed by atoms with Gasteiger partial charge in [-0.2, -0.15) is 5.26 Å². The number of nitrogens with one attached hydrogen (secondary N) is 1. The van der Waals surface area contributed by atoms with Crippen LogP contribution >= 0.6 is 0 Å². The monoisotopic (exact) mass is 342 g/mol. The lowest BCUT2D eigenvalue weighted by Gasteiger charge is -2.11. The lowest BCUT2D eigenvalue weighted by atomic mass is 10.0. The summed E-state index contributed by atoms with van der Waals surface area (Å²) < 4.78 is 5.88. The lowest BCUT2D eigenvalue weighted by Crippen LogP contribution is -2.13. The van der Waals surface area contributed by atoms with E-state index < -0.39 is 0 Å². The van der Waals surface area contributed by atoms with E-state index in [4.69, 9.17) is 4.74 Å². The van der Waals surface area contributed by atoms with E-state index >= 15 is 0 Å². The molecule has 3 rings (SSSR count). The molecule has 0 aliphatic carbocycles. The minimum absolute atomic E-state index is 0.0893. The summed E-state index contributed by atoms with van der Waals surface area (Å²) in [5, 5.41) is 9.36. The van der Waals surface area contributed by atoms with Gasteiger partial charge in [0, 0.05) is 16.8 Å². The van der Waals surface area contributed by atoms with Crippen LogP contribution in [0.1, 0.15) is 16.8 Å². The Morgan fingerprint density at radius 3 is 2.58 bits per heavy atom. The summed E-state index contributed by atoms with van der Waals surface area (Å²) in [6.45, 7) is 2.17. The molecule has 0 aliphatic rings. The summed E-state index contributed by atoms with van der Waals surface area (Å²) in [7, 11) is 0. The second-order valence-electron chi connectivity index (χ2n) is 5.80. The zero-order valence-corrected chi connectivity index (χ0v) is 14.4. The van der Waals surface area contributed by atoms with Gasteiger partial charge in [-0.1, -0.05) is 54.6 Å². The van der Waals surface area contributed by atoms with Gasteiger partial charge in [-0.15, -0.1) is 0 Å². The Hall–Kier alpha value is -3.58. The van der Waals surface area contributed by atoms with Crippen molar-refractivity contribution in [3.63, 3.8) is 0 Å². The summed E-state index contributed by atoms with van der Waals surface area (Å²) in [6, 6.07) is 21.2. The molecule has 3 aromatic rings. The normalized spacial score (nSPS) is 10.6. The molecule has 0 fully saturated rings. The van der Waals surface area contributed by atoms with Crippen molar-refractivity contribution in [3.8, 4) is 22.9 Å². The average Bonchev–Trinajstić information content (AvgIpc) is 2.66. The van der Waals surface area contributed by atoms with Crippen LogP contribution in [0.25, 0.3) is 17.2 Å². The second-order valence-corrected chi connectivity index (χ2v) is 5.80. The highest BCUT2D eigenvalue weighted by Crippen LogP contribution is 2.31. The van der Waals surface area contributed by atoms with Crippen LogP contribution < -0.4 is 10.3 Å². The van der Waals surface area contributed by atoms with E-state index in [2.05, 4.69) is 4.98 Å². The molecule has 4 heteroatoms. The van der Waals surface area contributed by atoms with E-state index in [1.165, 1.54) is 0 Å². The molecule has 0 unspecified atom stereocenters. The molecule has 0 saturated carbocycles. The number of nitriles is 1. The highest BCUT2D eigenvalue weighted by atomic mass is 16.5. The van der Waals surface area contributed by atoms with E-state index in [9.17, 15) is 10.1 Å². The van der Waals surface area contributed by atoms with Crippen LogP contribution in [0.4, 0.5) is 0 Å². The van der Waals surface area contributed by atoms with Crippen LogP contribution in [0.2, 0.25) is 0 Å². The van der Waals surface area contributed by atoms with Crippen molar-refractivity contribution in [2.75, 3.05) is 6.61 Å². The molecule has 0 saturated heterocycles. The maximum atomic E-state index is 12.1. The number of benzene rings is 2. The summed E-state index contributed by atoms with van der Waals surface area (Å²) in [6.07, 6.45) is 3.92. The first-order valence-corrected chi connectivity index (χ1v) is 8.27. The highest BCUT2D eigenvalue weighted by Gasteiger charge is 2.13. The molecule has 0 radical (unpaired) electrons. The summed E-state index contributed by atoms with van der Waals surface area (Å²) in [5.41, 5.74) is 2.81. The zero-order chi connectivity index (χ0) is 18.4. The Morgan fingerprint density at radius 2 is 1.81 bits per heavy atom. The number of pyridine rings is 1. The fourth-order valence-electron chi connectivity index (χ4n) is 2.71. The van der Waals surface area contributed by atoms with Gasteiger partial charge in [0.1, 0.15) is 24.0 Å². The molecule has 26 heavy (non-hydrogen) atoms. The van der Waals surface area contributed by atoms with Gasteiger partial charge >= 0.3 is 0 Å². The fraction of sp³-hybridized carbons (Fsp3) is 0.0909. The predicted octanol–water partition coefficient (Wildman–Crippen LogP) is 4.31. The van der Waals surface area contributed by atoms with Crippen molar-refractivity contribution in [1.82, 2.24) is 4.98 Å². The van der Waals surface area contributed by atoms with E-state index in [1.54, 1.807) is 13.0 Å². The number of H-pyrrole nitrogens is 1. The lowest BCUT2D eigenvalue weighted by molar-refractivity contribution is 0.365. The first-order chi connectivity index (χ1) is 12.7. The number of rotatable bonds is 5. The molecule has 0 aliphatic heterocycles. The molecule has 1 aromatic heterocycles. The van der Waals surface area contributed by atoms with Gasteiger partial charge in [0.05, 0.1) is 0 Å². The van der Waals surface area contributed by atoms with E-state index in [0.29, 0.717) is 23.6 Å². The number of para-hydroxylation sites is 1. The van der Waals surface area contributed by atoms with Crippen molar-refractivity contribution in [2.45, 2.75) is 6.92 Å². The number of ether oxygens (including phenoxy) is 1. The molecule has 0 bridgehead atoms. The Morgan fingerprint density at radius 1 is 1.08 bits per heavy atom. The molecule has 128 valence electrons. The largest absolute Gasteiger partial charge is 0.489 e. The smallest absolute Gasteiger partial charge is 0.266 e. The Balaban J connectivity index is 1.87. The predicted molar refractivity (Wildman–Crippen MR) is 103 cm³/mol. The number of aromatic amines is 1. The Labute approximate surface area is 152 Å². The minimum Gasteiger partial charge on any atom is -0.489 e. The quantitative estimate of drug-likeness (QED) is 0.751. The van der Waals surface area contributed by atoms with Crippen LogP contribution in [-0.4, -0.2) is 11.6 Å². The van der Waals surface area contributed by atoms with Crippen molar-refractivity contribution in [3.05, 3.63) is 93.9 Å². The third-order valence-electron chi connectivity index (χ3n) is 3.90. The van der Waals surface area contributed by atoms with Crippen molar-refractivity contribution >= 4 is 6.08 Å². The molecule has 4 nitrogen and oxygen atoms in total. The van der Waals surface area contributed by atoms with Crippen LogP contribution in [0.3, 0.4) is 0 Å². The van der Waals surface area contributed by atoms with Gasteiger partial charge in [0.25, 0.3) is 5.56 Å². The standard InChI is InChI=1S/C22H18N2O2/c1-16-14-19(20(15-23)22(25)24-16)18-11-5-6-12-21(18)26-13-7-10-17-8-3-2-4-9-17/h2-12,14H,13H2,1H3,(H,24,25). The number of hydrogen-bond donors (Lipinski definition) is 1. The van der Waals surface area contributed by atoms with E-state index in [1.807, 2.05) is 72.8 Å². The maximum Gasteiger partial charge on any atom is 0.266 e. The van der Waals surface area contributed by atoms with Crippen LogP contribution in [-0.2, 0) is 0 Å². The van der Waals surface area contributed by atoms with Crippen LogP contribution in [0.15, 0.2) is 71.5 Å². The third kappa shape index (κ3) is 3.90. The first kappa shape index (κ1) is 17.2. The van der Waals surface area contributed by atoms with Crippen LogP contribution in [0.5, 0.6) is 5.75 Å². The fourth-order valence-corrected chi connectivity index (χ4v) is 2.71. The van der Waals surface area contributed by atoms with Gasteiger partial charge in [-0.3, -0.25) is 4.79 Å². The summed E-state index contributed by atoms with van der Waals surface area (Å²) in [4.78, 5) is 14.7. The maximum absolute atomic E-state index is 12.1. The number of aromatic nitrogens is 1. The highest BCUT2D eigenvalue weighted by molar-refractivity contribution is 5.75. The minimum atomic E-state index is -0.388. The van der Waals surface area contributed by atoms with E-state index in [-0.39, 0.29) is 11.1 Å². The van der Waals surface area contributed by atoms with Gasteiger partial charge in [0.15, 0.2) is 0 Å². The van der Waals surface area contributed by atoms with Crippen molar-refractivity contribution in [2.24, 2.45) is 0 Å². The van der Waals surface area contributed by atoms with Gasteiger partial charge in [0.2, 0.25) is 0 Å². The van der Waals surface area contributed by atoms with Crippen LogP contribution in [0, 0.1) is 18.3 Å². The molecular formula is C22H18N2O2. The average molecular weight is 342 g/mol. The molecule has 0 spiro atoms. The van der Waals surface area contributed by atoms with Gasteiger partial charge in [-0.05, 0) is 30.7 Å². The second kappa shape index (κ2) is 8.00. The summed E-state index contributed by atoms with van der Waals surface area (Å²) >= 11 is 0. The molecule has 0 amide bonds. The molecule has 1 heterocycles. The third-order valence-corrected chi connectivity index (χ3v) is 3.90. The Kier molecular flexibility index (Phi) is 5.31. The SMILES string of the molecule is Cc1cc(-c2ccccc2OCC=Cc2ccccc2)c(C#N)c(=O)[nH]1.